The maximum Gasteiger partial charge on any atom is 0.328 e. The minimum Gasteiger partial charge on any atom is -0.478 e. The summed E-state index contributed by atoms with van der Waals surface area (Å²) in [6.07, 6.45) is 5.72. The summed E-state index contributed by atoms with van der Waals surface area (Å²) < 4.78 is 0. The quantitative estimate of drug-likeness (QED) is 0.846. The van der Waals surface area contributed by atoms with Gasteiger partial charge < -0.3 is 10.0 Å². The number of carbonyl (C=O) groups is 1. The third-order valence-corrected chi connectivity index (χ3v) is 3.69. The Kier molecular flexibility index (Phi) is 4.20. The van der Waals surface area contributed by atoms with Crippen LogP contribution in [0, 0.1) is 11.8 Å². The molecule has 0 spiro atoms. The van der Waals surface area contributed by atoms with Crippen molar-refractivity contribution in [1.29, 1.82) is 0 Å². The molecule has 0 radical (unpaired) electrons. The first-order valence-corrected chi connectivity index (χ1v) is 6.69. The molecule has 1 unspecified atom stereocenters. The lowest BCUT2D eigenvalue weighted by atomic mass is 9.95. The molecule has 1 aromatic heterocycles. The van der Waals surface area contributed by atoms with Crippen molar-refractivity contribution in [2.24, 2.45) is 11.8 Å². The van der Waals surface area contributed by atoms with Crippen LogP contribution in [0.5, 0.6) is 0 Å². The van der Waals surface area contributed by atoms with Crippen LogP contribution in [-0.4, -0.2) is 29.1 Å². The van der Waals surface area contributed by atoms with Crippen LogP contribution < -0.4 is 4.90 Å². The molecular weight excluding hydrogens is 240 g/mol. The third-order valence-electron chi connectivity index (χ3n) is 3.69. The molecule has 2 rings (SSSR count). The molecule has 0 bridgehead atoms. The summed E-state index contributed by atoms with van der Waals surface area (Å²) in [5.74, 6) is 1.32. The van der Waals surface area contributed by atoms with Gasteiger partial charge in [-0.1, -0.05) is 13.8 Å². The van der Waals surface area contributed by atoms with Crippen LogP contribution in [0.15, 0.2) is 24.4 Å². The number of aliphatic carboxylic acids is 1. The number of rotatable bonds is 4. The van der Waals surface area contributed by atoms with Crippen molar-refractivity contribution >= 4 is 17.9 Å². The fraction of sp³-hybridized carbons (Fsp3) is 0.467. The van der Waals surface area contributed by atoms with Crippen LogP contribution in [0.4, 0.5) is 5.82 Å². The zero-order valence-corrected chi connectivity index (χ0v) is 11.4. The zero-order chi connectivity index (χ0) is 13.8. The van der Waals surface area contributed by atoms with Gasteiger partial charge >= 0.3 is 5.97 Å². The second kappa shape index (κ2) is 5.87. The Bertz CT molecular complexity index is 483. The van der Waals surface area contributed by atoms with E-state index in [-0.39, 0.29) is 0 Å². The van der Waals surface area contributed by atoms with E-state index < -0.39 is 5.97 Å². The highest BCUT2D eigenvalue weighted by atomic mass is 16.4. The molecule has 0 amide bonds. The van der Waals surface area contributed by atoms with Gasteiger partial charge in [0.1, 0.15) is 5.82 Å². The molecule has 1 aliphatic heterocycles. The van der Waals surface area contributed by atoms with Crippen molar-refractivity contribution in [2.75, 3.05) is 18.0 Å². The maximum absolute atomic E-state index is 10.6. The van der Waals surface area contributed by atoms with Gasteiger partial charge in [0, 0.05) is 30.9 Å². The fourth-order valence-corrected chi connectivity index (χ4v) is 2.49. The van der Waals surface area contributed by atoms with E-state index in [1.807, 2.05) is 12.1 Å². The second-order valence-electron chi connectivity index (χ2n) is 5.33. The molecule has 1 N–H and O–H groups in total. The number of aromatic nitrogens is 1. The van der Waals surface area contributed by atoms with E-state index in [4.69, 9.17) is 5.11 Å². The molecule has 1 aliphatic rings. The summed E-state index contributed by atoms with van der Waals surface area (Å²) in [4.78, 5) is 17.3. The minimum absolute atomic E-state index is 0.673. The average molecular weight is 260 g/mol. The SMILES string of the molecule is CC(C)C1CCN(c2ncccc2/C=C/C(=O)O)C1. The van der Waals surface area contributed by atoms with E-state index in [2.05, 4.69) is 23.7 Å². The Labute approximate surface area is 113 Å². The lowest BCUT2D eigenvalue weighted by molar-refractivity contribution is -0.131. The van der Waals surface area contributed by atoms with Gasteiger partial charge in [-0.3, -0.25) is 0 Å². The topological polar surface area (TPSA) is 53.4 Å². The van der Waals surface area contributed by atoms with E-state index in [1.165, 1.54) is 6.42 Å². The van der Waals surface area contributed by atoms with Crippen LogP contribution in [0.2, 0.25) is 0 Å². The number of hydrogen-bond donors (Lipinski definition) is 1. The Morgan fingerprint density at radius 1 is 1.58 bits per heavy atom. The predicted octanol–water partition coefficient (Wildman–Crippen LogP) is 2.66. The molecule has 0 aliphatic carbocycles. The first-order chi connectivity index (χ1) is 9.08. The van der Waals surface area contributed by atoms with E-state index >= 15 is 0 Å². The third kappa shape index (κ3) is 3.34. The molecule has 4 nitrogen and oxygen atoms in total. The number of pyridine rings is 1. The molecule has 1 fully saturated rings. The summed E-state index contributed by atoms with van der Waals surface area (Å²) in [7, 11) is 0. The molecule has 0 aromatic carbocycles. The van der Waals surface area contributed by atoms with Crippen LogP contribution in [-0.2, 0) is 4.79 Å². The Morgan fingerprint density at radius 3 is 3.00 bits per heavy atom. The van der Waals surface area contributed by atoms with E-state index in [0.717, 1.165) is 30.5 Å². The Hall–Kier alpha value is -1.84. The summed E-state index contributed by atoms with van der Waals surface area (Å²) in [5, 5.41) is 8.73. The number of carboxylic acids is 1. The summed E-state index contributed by atoms with van der Waals surface area (Å²) in [6.45, 7) is 6.49. The lowest BCUT2D eigenvalue weighted by Crippen LogP contribution is -2.23. The van der Waals surface area contributed by atoms with Crippen molar-refractivity contribution in [3.05, 3.63) is 30.0 Å². The minimum atomic E-state index is -0.934. The molecule has 0 saturated carbocycles. The van der Waals surface area contributed by atoms with Gasteiger partial charge in [0.25, 0.3) is 0 Å². The van der Waals surface area contributed by atoms with Crippen LogP contribution in [0.3, 0.4) is 0 Å². The Balaban J connectivity index is 2.19. The summed E-state index contributed by atoms with van der Waals surface area (Å²) in [5.41, 5.74) is 0.870. The molecule has 1 saturated heterocycles. The smallest absolute Gasteiger partial charge is 0.328 e. The second-order valence-corrected chi connectivity index (χ2v) is 5.33. The van der Waals surface area contributed by atoms with Gasteiger partial charge in [0.05, 0.1) is 0 Å². The molecular formula is C15H20N2O2. The lowest BCUT2D eigenvalue weighted by Gasteiger charge is -2.20. The highest BCUT2D eigenvalue weighted by molar-refractivity contribution is 5.86. The number of nitrogens with zero attached hydrogens (tertiary/aromatic N) is 2. The van der Waals surface area contributed by atoms with Gasteiger partial charge in [0.15, 0.2) is 0 Å². The molecule has 102 valence electrons. The summed E-state index contributed by atoms with van der Waals surface area (Å²) in [6, 6.07) is 3.74. The van der Waals surface area contributed by atoms with E-state index in [0.29, 0.717) is 11.8 Å². The van der Waals surface area contributed by atoms with E-state index in [9.17, 15) is 4.79 Å². The van der Waals surface area contributed by atoms with Crippen molar-refractivity contribution in [1.82, 2.24) is 4.98 Å². The number of anilines is 1. The molecule has 1 atom stereocenters. The van der Waals surface area contributed by atoms with Crippen LogP contribution in [0.25, 0.3) is 6.08 Å². The molecule has 1 aromatic rings. The molecule has 2 heterocycles. The predicted molar refractivity (Wildman–Crippen MR) is 76.1 cm³/mol. The highest BCUT2D eigenvalue weighted by Gasteiger charge is 2.26. The van der Waals surface area contributed by atoms with Gasteiger partial charge in [-0.05, 0) is 36.5 Å². The fourth-order valence-electron chi connectivity index (χ4n) is 2.49. The summed E-state index contributed by atoms with van der Waals surface area (Å²) >= 11 is 0. The molecule has 4 heteroatoms. The van der Waals surface area contributed by atoms with Gasteiger partial charge in [-0.2, -0.15) is 0 Å². The van der Waals surface area contributed by atoms with E-state index in [1.54, 1.807) is 12.3 Å². The normalized spacial score (nSPS) is 19.5. The van der Waals surface area contributed by atoms with Crippen LogP contribution >= 0.6 is 0 Å². The average Bonchev–Trinajstić information content (AvgIpc) is 2.86. The largest absolute Gasteiger partial charge is 0.478 e. The number of carboxylic acid groups (broad SMARTS) is 1. The van der Waals surface area contributed by atoms with Crippen molar-refractivity contribution in [2.45, 2.75) is 20.3 Å². The highest BCUT2D eigenvalue weighted by Crippen LogP contribution is 2.29. The van der Waals surface area contributed by atoms with Crippen molar-refractivity contribution in [3.8, 4) is 0 Å². The van der Waals surface area contributed by atoms with Gasteiger partial charge in [-0.25, -0.2) is 9.78 Å². The maximum atomic E-state index is 10.6. The van der Waals surface area contributed by atoms with Crippen molar-refractivity contribution in [3.63, 3.8) is 0 Å². The van der Waals surface area contributed by atoms with Crippen molar-refractivity contribution < 1.29 is 9.90 Å². The van der Waals surface area contributed by atoms with Gasteiger partial charge in [0.2, 0.25) is 0 Å². The zero-order valence-electron chi connectivity index (χ0n) is 11.4. The number of hydrogen-bond acceptors (Lipinski definition) is 3. The molecule has 19 heavy (non-hydrogen) atoms. The monoisotopic (exact) mass is 260 g/mol. The van der Waals surface area contributed by atoms with Crippen LogP contribution in [0.1, 0.15) is 25.8 Å². The first kappa shape index (κ1) is 13.6. The first-order valence-electron chi connectivity index (χ1n) is 6.69. The standard InChI is InChI=1S/C15H20N2O2/c1-11(2)13-7-9-17(10-13)15-12(4-3-8-16-15)5-6-14(18)19/h3-6,8,11,13H,7,9-10H2,1-2H3,(H,18,19)/b6-5+. The van der Waals surface area contributed by atoms with Gasteiger partial charge in [-0.15, -0.1) is 0 Å². The Morgan fingerprint density at radius 2 is 2.37 bits per heavy atom.